The first-order valence-corrected chi connectivity index (χ1v) is 7.65. The minimum Gasteiger partial charge on any atom is -0.393 e. The van der Waals surface area contributed by atoms with E-state index < -0.39 is 20.7 Å². The molecule has 0 atom stereocenters. The van der Waals surface area contributed by atoms with Gasteiger partial charge in [-0.15, -0.1) is 0 Å². The van der Waals surface area contributed by atoms with Crippen molar-refractivity contribution in [2.24, 2.45) is 0 Å². The SMILES string of the molecule is CN(CCS(C)(=O)=O)C(=O)c1ccc([N+](=O)[O-])c(N)c1. The van der Waals surface area contributed by atoms with E-state index in [-0.39, 0.29) is 29.2 Å². The molecule has 1 aromatic rings. The zero-order chi connectivity index (χ0) is 15.5. The molecule has 2 N–H and O–H groups in total. The van der Waals surface area contributed by atoms with E-state index in [4.69, 9.17) is 5.73 Å². The van der Waals surface area contributed by atoms with E-state index in [9.17, 15) is 23.3 Å². The molecule has 1 amide bonds. The van der Waals surface area contributed by atoms with E-state index in [0.29, 0.717) is 0 Å². The van der Waals surface area contributed by atoms with Crippen LogP contribution in [-0.4, -0.2) is 49.7 Å². The second kappa shape index (κ2) is 5.87. The molecule has 8 nitrogen and oxygen atoms in total. The molecular weight excluding hydrogens is 286 g/mol. The number of hydrogen-bond acceptors (Lipinski definition) is 6. The number of carbonyl (C=O) groups excluding carboxylic acids is 1. The Bertz CT molecular complexity index is 641. The molecule has 1 aromatic carbocycles. The Morgan fingerprint density at radius 1 is 1.45 bits per heavy atom. The fraction of sp³-hybridized carbons (Fsp3) is 0.364. The summed E-state index contributed by atoms with van der Waals surface area (Å²) in [6, 6.07) is 3.64. The first-order valence-electron chi connectivity index (χ1n) is 5.59. The molecule has 9 heteroatoms. The van der Waals surface area contributed by atoms with Crippen molar-refractivity contribution in [3.8, 4) is 0 Å². The molecule has 110 valence electrons. The Hall–Kier alpha value is -2.16. The monoisotopic (exact) mass is 301 g/mol. The summed E-state index contributed by atoms with van der Waals surface area (Å²) in [5, 5.41) is 10.6. The molecule has 1 rings (SSSR count). The average Bonchev–Trinajstić information content (AvgIpc) is 2.33. The summed E-state index contributed by atoms with van der Waals surface area (Å²) >= 11 is 0. The maximum absolute atomic E-state index is 12.0. The zero-order valence-corrected chi connectivity index (χ0v) is 11.9. The van der Waals surface area contributed by atoms with Gasteiger partial charge in [-0.05, 0) is 12.1 Å². The highest BCUT2D eigenvalue weighted by molar-refractivity contribution is 7.90. The third kappa shape index (κ3) is 4.19. The minimum atomic E-state index is -3.17. The quantitative estimate of drug-likeness (QED) is 0.473. The predicted octanol–water partition coefficient (Wildman–Crippen LogP) is 0.294. The number of anilines is 1. The second-order valence-corrected chi connectivity index (χ2v) is 6.65. The van der Waals surface area contributed by atoms with Crippen LogP contribution in [0.5, 0.6) is 0 Å². The molecule has 20 heavy (non-hydrogen) atoms. The molecule has 0 radical (unpaired) electrons. The van der Waals surface area contributed by atoms with Gasteiger partial charge in [0.2, 0.25) is 0 Å². The van der Waals surface area contributed by atoms with Crippen LogP contribution < -0.4 is 5.73 Å². The standard InChI is InChI=1S/C11H15N3O5S/c1-13(5-6-20(2,18)19)11(15)8-3-4-10(14(16)17)9(12)7-8/h3-4,7H,5-6,12H2,1-2H3. The first kappa shape index (κ1) is 15.9. The highest BCUT2D eigenvalue weighted by Crippen LogP contribution is 2.22. The Balaban J connectivity index is 2.87. The van der Waals surface area contributed by atoms with E-state index in [0.717, 1.165) is 12.3 Å². The Kier molecular flexibility index (Phi) is 4.66. The van der Waals surface area contributed by atoms with Gasteiger partial charge in [0.25, 0.3) is 11.6 Å². The fourth-order valence-corrected chi connectivity index (χ4v) is 2.08. The summed E-state index contributed by atoms with van der Waals surface area (Å²) in [5.41, 5.74) is 5.27. The van der Waals surface area contributed by atoms with Crippen molar-refractivity contribution < 1.29 is 18.1 Å². The van der Waals surface area contributed by atoms with Crippen LogP contribution in [0, 0.1) is 10.1 Å². The van der Waals surface area contributed by atoms with E-state index in [1.165, 1.54) is 24.1 Å². The van der Waals surface area contributed by atoms with Crippen molar-refractivity contribution in [3.05, 3.63) is 33.9 Å². The summed E-state index contributed by atoms with van der Waals surface area (Å²) in [7, 11) is -1.72. The molecule has 0 saturated carbocycles. The number of nitrogens with zero attached hydrogens (tertiary/aromatic N) is 2. The summed E-state index contributed by atoms with van der Waals surface area (Å²) in [6.45, 7) is 0.0363. The number of carbonyl (C=O) groups is 1. The van der Waals surface area contributed by atoms with Gasteiger partial charge in [-0.1, -0.05) is 0 Å². The highest BCUT2D eigenvalue weighted by Gasteiger charge is 2.17. The number of amides is 1. The van der Waals surface area contributed by atoms with Crippen LogP contribution in [-0.2, 0) is 9.84 Å². The van der Waals surface area contributed by atoms with Crippen molar-refractivity contribution in [1.82, 2.24) is 4.90 Å². The van der Waals surface area contributed by atoms with Gasteiger partial charge in [0.05, 0.1) is 10.7 Å². The number of nitrogen functional groups attached to an aromatic ring is 1. The number of nitrogens with two attached hydrogens (primary N) is 1. The molecule has 0 unspecified atom stereocenters. The van der Waals surface area contributed by atoms with Crippen LogP contribution in [0.15, 0.2) is 18.2 Å². The summed E-state index contributed by atoms with van der Waals surface area (Å²) < 4.78 is 22.1. The van der Waals surface area contributed by atoms with Gasteiger partial charge in [-0.3, -0.25) is 14.9 Å². The molecule has 0 aliphatic carbocycles. The van der Waals surface area contributed by atoms with E-state index in [1.807, 2.05) is 0 Å². The molecule has 0 spiro atoms. The lowest BCUT2D eigenvalue weighted by molar-refractivity contribution is -0.383. The lowest BCUT2D eigenvalue weighted by Gasteiger charge is -2.16. The molecule has 0 aromatic heterocycles. The summed E-state index contributed by atoms with van der Waals surface area (Å²) in [5.74, 6) is -0.604. The van der Waals surface area contributed by atoms with Crippen LogP contribution >= 0.6 is 0 Å². The van der Waals surface area contributed by atoms with Crippen molar-refractivity contribution in [3.63, 3.8) is 0 Å². The number of benzene rings is 1. The number of sulfone groups is 1. The number of hydrogen-bond donors (Lipinski definition) is 1. The van der Waals surface area contributed by atoms with Gasteiger partial charge in [-0.25, -0.2) is 8.42 Å². The van der Waals surface area contributed by atoms with E-state index in [1.54, 1.807) is 0 Å². The lowest BCUT2D eigenvalue weighted by atomic mass is 10.1. The average molecular weight is 301 g/mol. The van der Waals surface area contributed by atoms with Gasteiger partial charge in [0.15, 0.2) is 0 Å². The maximum atomic E-state index is 12.0. The third-order valence-corrected chi connectivity index (χ3v) is 3.54. The highest BCUT2D eigenvalue weighted by atomic mass is 32.2. The van der Waals surface area contributed by atoms with Gasteiger partial charge < -0.3 is 10.6 Å². The maximum Gasteiger partial charge on any atom is 0.292 e. The topological polar surface area (TPSA) is 124 Å². The van der Waals surface area contributed by atoms with Crippen LogP contribution in [0.3, 0.4) is 0 Å². The van der Waals surface area contributed by atoms with Crippen molar-refractivity contribution in [1.29, 1.82) is 0 Å². The largest absolute Gasteiger partial charge is 0.393 e. The van der Waals surface area contributed by atoms with Crippen molar-refractivity contribution in [2.45, 2.75) is 0 Å². The Morgan fingerprint density at radius 2 is 2.05 bits per heavy atom. The van der Waals surface area contributed by atoms with E-state index in [2.05, 4.69) is 0 Å². The molecule has 0 heterocycles. The minimum absolute atomic E-state index is 0.0363. The number of nitro benzene ring substituents is 1. The Morgan fingerprint density at radius 3 is 2.50 bits per heavy atom. The van der Waals surface area contributed by atoms with Gasteiger partial charge >= 0.3 is 0 Å². The summed E-state index contributed by atoms with van der Waals surface area (Å²) in [4.78, 5) is 23.2. The molecular formula is C11H15N3O5S. The second-order valence-electron chi connectivity index (χ2n) is 4.39. The molecule has 0 fully saturated rings. The number of nitro groups is 1. The summed E-state index contributed by atoms with van der Waals surface area (Å²) in [6.07, 6.45) is 1.08. The van der Waals surface area contributed by atoms with Crippen LogP contribution in [0.4, 0.5) is 11.4 Å². The molecule has 0 aliphatic rings. The zero-order valence-electron chi connectivity index (χ0n) is 11.1. The lowest BCUT2D eigenvalue weighted by Crippen LogP contribution is -2.31. The van der Waals surface area contributed by atoms with Crippen LogP contribution in [0.2, 0.25) is 0 Å². The van der Waals surface area contributed by atoms with Crippen LogP contribution in [0.25, 0.3) is 0 Å². The van der Waals surface area contributed by atoms with E-state index >= 15 is 0 Å². The van der Waals surface area contributed by atoms with Gasteiger partial charge in [0, 0.05) is 31.5 Å². The molecule has 0 aliphatic heterocycles. The predicted molar refractivity (Wildman–Crippen MR) is 74.2 cm³/mol. The van der Waals surface area contributed by atoms with Crippen molar-refractivity contribution in [2.75, 3.05) is 31.3 Å². The smallest absolute Gasteiger partial charge is 0.292 e. The van der Waals surface area contributed by atoms with Crippen LogP contribution in [0.1, 0.15) is 10.4 Å². The number of rotatable bonds is 5. The normalized spacial score (nSPS) is 11.1. The first-order chi connectivity index (χ1) is 9.11. The fourth-order valence-electron chi connectivity index (χ4n) is 1.48. The van der Waals surface area contributed by atoms with Gasteiger partial charge in [0.1, 0.15) is 15.5 Å². The van der Waals surface area contributed by atoms with Gasteiger partial charge in [-0.2, -0.15) is 0 Å². The third-order valence-electron chi connectivity index (χ3n) is 2.62. The van der Waals surface area contributed by atoms with Crippen molar-refractivity contribution >= 4 is 27.1 Å². The molecule has 0 bridgehead atoms. The Labute approximate surface area is 116 Å². The molecule has 0 saturated heterocycles.